The summed E-state index contributed by atoms with van der Waals surface area (Å²) in [5.74, 6) is -2.15. The molecule has 1 N–H and O–H groups in total. The molecule has 0 saturated heterocycles. The molecule has 1 rings (SSSR count). The number of hydrogen-bond acceptors (Lipinski definition) is 2. The summed E-state index contributed by atoms with van der Waals surface area (Å²) in [6.45, 7) is 5.43. The van der Waals surface area contributed by atoms with E-state index in [4.69, 9.17) is 5.11 Å². The third-order valence-corrected chi connectivity index (χ3v) is 1.56. The SMILES string of the molecule is CC(C)(C)n1cc(F)c(C(=O)O)n1. The van der Waals surface area contributed by atoms with Crippen LogP contribution in [0.1, 0.15) is 31.3 Å². The number of hydrogen-bond donors (Lipinski definition) is 1. The van der Waals surface area contributed by atoms with Gasteiger partial charge in [0.2, 0.25) is 5.69 Å². The summed E-state index contributed by atoms with van der Waals surface area (Å²) in [6, 6.07) is 0. The molecule has 5 heteroatoms. The smallest absolute Gasteiger partial charge is 0.359 e. The summed E-state index contributed by atoms with van der Waals surface area (Å²) in [5, 5.41) is 12.2. The number of aromatic carboxylic acids is 1. The Morgan fingerprint density at radius 3 is 2.38 bits per heavy atom. The lowest BCUT2D eigenvalue weighted by atomic mass is 10.1. The predicted octanol–water partition coefficient (Wildman–Crippen LogP) is 1.48. The van der Waals surface area contributed by atoms with Gasteiger partial charge in [-0.2, -0.15) is 5.10 Å². The van der Waals surface area contributed by atoms with Gasteiger partial charge in [0.05, 0.1) is 11.7 Å². The number of carboxylic acid groups (broad SMARTS) is 1. The van der Waals surface area contributed by atoms with Crippen LogP contribution in [0.15, 0.2) is 6.20 Å². The molecule has 1 aromatic heterocycles. The van der Waals surface area contributed by atoms with E-state index in [0.29, 0.717) is 0 Å². The fourth-order valence-corrected chi connectivity index (χ4v) is 0.841. The quantitative estimate of drug-likeness (QED) is 0.722. The van der Waals surface area contributed by atoms with Crippen LogP contribution in [-0.2, 0) is 5.54 Å². The molecule has 0 radical (unpaired) electrons. The summed E-state index contributed by atoms with van der Waals surface area (Å²) in [5.41, 5.74) is -0.941. The first-order chi connectivity index (χ1) is 5.82. The second-order valence-corrected chi connectivity index (χ2v) is 3.75. The molecule has 0 aliphatic heterocycles. The van der Waals surface area contributed by atoms with Crippen molar-refractivity contribution in [1.82, 2.24) is 9.78 Å². The second kappa shape index (κ2) is 2.83. The van der Waals surface area contributed by atoms with Gasteiger partial charge < -0.3 is 5.11 Å². The van der Waals surface area contributed by atoms with Crippen LogP contribution in [0.4, 0.5) is 4.39 Å². The molecule has 0 spiro atoms. The van der Waals surface area contributed by atoms with Crippen LogP contribution in [0.2, 0.25) is 0 Å². The monoisotopic (exact) mass is 186 g/mol. The van der Waals surface area contributed by atoms with E-state index in [9.17, 15) is 9.18 Å². The number of nitrogens with zero attached hydrogens (tertiary/aromatic N) is 2. The van der Waals surface area contributed by atoms with Gasteiger partial charge in [0, 0.05) is 0 Å². The molecule has 0 bridgehead atoms. The molecule has 72 valence electrons. The normalized spacial score (nSPS) is 11.7. The van der Waals surface area contributed by atoms with Crippen molar-refractivity contribution in [2.45, 2.75) is 26.3 Å². The lowest BCUT2D eigenvalue weighted by Gasteiger charge is -2.18. The molecule has 0 fully saturated rings. The summed E-state index contributed by atoms with van der Waals surface area (Å²) in [6.07, 6.45) is 1.09. The minimum Gasteiger partial charge on any atom is -0.476 e. The van der Waals surface area contributed by atoms with Crippen LogP contribution in [0.25, 0.3) is 0 Å². The molecule has 0 amide bonds. The largest absolute Gasteiger partial charge is 0.476 e. The molecular formula is C8H11FN2O2. The minimum atomic E-state index is -1.35. The summed E-state index contributed by atoms with van der Waals surface area (Å²) in [4.78, 5) is 10.4. The number of carbonyl (C=O) groups is 1. The van der Waals surface area contributed by atoms with E-state index >= 15 is 0 Å². The Morgan fingerprint density at radius 1 is 1.62 bits per heavy atom. The fraction of sp³-hybridized carbons (Fsp3) is 0.500. The molecule has 0 unspecified atom stereocenters. The summed E-state index contributed by atoms with van der Waals surface area (Å²) in [7, 11) is 0. The highest BCUT2D eigenvalue weighted by atomic mass is 19.1. The van der Waals surface area contributed by atoms with Crippen molar-refractivity contribution in [2.24, 2.45) is 0 Å². The molecule has 0 aliphatic carbocycles. The second-order valence-electron chi connectivity index (χ2n) is 3.75. The van der Waals surface area contributed by atoms with E-state index in [1.165, 1.54) is 4.68 Å². The highest BCUT2D eigenvalue weighted by molar-refractivity contribution is 5.85. The summed E-state index contributed by atoms with van der Waals surface area (Å²) >= 11 is 0. The van der Waals surface area contributed by atoms with Gasteiger partial charge in [0.15, 0.2) is 5.82 Å². The van der Waals surface area contributed by atoms with Gasteiger partial charge in [0.25, 0.3) is 0 Å². The third kappa shape index (κ3) is 1.85. The van der Waals surface area contributed by atoms with Crippen LogP contribution >= 0.6 is 0 Å². The Bertz CT molecular complexity index is 338. The van der Waals surface area contributed by atoms with Gasteiger partial charge in [-0.1, -0.05) is 0 Å². The first kappa shape index (κ1) is 9.70. The Kier molecular flexibility index (Phi) is 2.11. The van der Waals surface area contributed by atoms with Crippen molar-refractivity contribution in [1.29, 1.82) is 0 Å². The maximum Gasteiger partial charge on any atom is 0.359 e. The average molecular weight is 186 g/mol. The van der Waals surface area contributed by atoms with Gasteiger partial charge in [0.1, 0.15) is 0 Å². The average Bonchev–Trinajstić information content (AvgIpc) is 2.29. The Labute approximate surface area is 75.0 Å². The van der Waals surface area contributed by atoms with Gasteiger partial charge in [-0.05, 0) is 20.8 Å². The zero-order valence-electron chi connectivity index (χ0n) is 7.71. The number of rotatable bonds is 1. The van der Waals surface area contributed by atoms with Crippen molar-refractivity contribution in [3.05, 3.63) is 17.7 Å². The predicted molar refractivity (Wildman–Crippen MR) is 44.1 cm³/mol. The van der Waals surface area contributed by atoms with Gasteiger partial charge in [-0.15, -0.1) is 0 Å². The van der Waals surface area contributed by atoms with Crippen LogP contribution in [-0.4, -0.2) is 20.9 Å². The number of aromatic nitrogens is 2. The van der Waals surface area contributed by atoms with Gasteiger partial charge in [-0.3, -0.25) is 4.68 Å². The van der Waals surface area contributed by atoms with Gasteiger partial charge >= 0.3 is 5.97 Å². The van der Waals surface area contributed by atoms with E-state index in [0.717, 1.165) is 6.20 Å². The molecule has 0 atom stereocenters. The number of carboxylic acids is 1. The first-order valence-corrected chi connectivity index (χ1v) is 3.81. The third-order valence-electron chi connectivity index (χ3n) is 1.56. The minimum absolute atomic E-state index is 0.408. The molecule has 0 aromatic carbocycles. The maximum atomic E-state index is 12.9. The van der Waals surface area contributed by atoms with E-state index in [1.54, 1.807) is 0 Å². The van der Waals surface area contributed by atoms with Crippen molar-refractivity contribution >= 4 is 5.97 Å². The van der Waals surface area contributed by atoms with E-state index in [2.05, 4.69) is 5.10 Å². The van der Waals surface area contributed by atoms with Crippen molar-refractivity contribution in [3.8, 4) is 0 Å². The zero-order chi connectivity index (χ0) is 10.2. The summed E-state index contributed by atoms with van der Waals surface area (Å²) < 4.78 is 14.2. The van der Waals surface area contributed by atoms with Crippen molar-refractivity contribution in [3.63, 3.8) is 0 Å². The molecule has 1 heterocycles. The van der Waals surface area contributed by atoms with Crippen LogP contribution in [0.5, 0.6) is 0 Å². The molecule has 4 nitrogen and oxygen atoms in total. The van der Waals surface area contributed by atoms with Crippen molar-refractivity contribution in [2.75, 3.05) is 0 Å². The molecule has 0 saturated carbocycles. The van der Waals surface area contributed by atoms with Gasteiger partial charge in [-0.25, -0.2) is 9.18 Å². The van der Waals surface area contributed by atoms with E-state index in [-0.39, 0.29) is 0 Å². The topological polar surface area (TPSA) is 55.1 Å². The van der Waals surface area contributed by atoms with Crippen LogP contribution in [0, 0.1) is 5.82 Å². The standard InChI is InChI=1S/C8H11FN2O2/c1-8(2,3)11-4-5(9)6(10-11)7(12)13/h4H,1-3H3,(H,12,13). The molecule has 1 aromatic rings. The molecular weight excluding hydrogens is 175 g/mol. The van der Waals surface area contributed by atoms with Crippen LogP contribution < -0.4 is 0 Å². The highest BCUT2D eigenvalue weighted by Crippen LogP contribution is 2.15. The fourth-order valence-electron chi connectivity index (χ4n) is 0.841. The Balaban J connectivity index is 3.17. The Morgan fingerprint density at radius 2 is 2.15 bits per heavy atom. The van der Waals surface area contributed by atoms with Crippen molar-refractivity contribution < 1.29 is 14.3 Å². The lowest BCUT2D eigenvalue weighted by molar-refractivity contribution is 0.0684. The highest BCUT2D eigenvalue weighted by Gasteiger charge is 2.21. The maximum absolute atomic E-state index is 12.9. The van der Waals surface area contributed by atoms with E-state index in [1.807, 2.05) is 20.8 Å². The van der Waals surface area contributed by atoms with Crippen LogP contribution in [0.3, 0.4) is 0 Å². The molecule has 0 aliphatic rings. The lowest BCUT2D eigenvalue weighted by Crippen LogP contribution is -2.22. The number of halogens is 1. The molecule has 13 heavy (non-hydrogen) atoms. The zero-order valence-corrected chi connectivity index (χ0v) is 7.71. The Hall–Kier alpha value is -1.39. The first-order valence-electron chi connectivity index (χ1n) is 3.81. The van der Waals surface area contributed by atoms with E-state index < -0.39 is 23.0 Å².